The summed E-state index contributed by atoms with van der Waals surface area (Å²) >= 11 is 5.99. The highest BCUT2D eigenvalue weighted by atomic mass is 79.9. The Morgan fingerprint density at radius 1 is 1.53 bits per heavy atom. The first-order chi connectivity index (χ1) is 9.10. The number of benzene rings is 1. The highest BCUT2D eigenvalue weighted by Gasteiger charge is 2.14. The van der Waals surface area contributed by atoms with Crippen molar-refractivity contribution in [3.63, 3.8) is 0 Å². The zero-order valence-corrected chi connectivity index (χ0v) is 13.3. The van der Waals surface area contributed by atoms with Crippen molar-refractivity contribution in [2.45, 2.75) is 29.0 Å². The molecule has 1 aromatic carbocycles. The Balaban J connectivity index is 2.26. The maximum absolute atomic E-state index is 11.2. The number of carboxylic acids is 1. The molecule has 1 aromatic heterocycles. The average Bonchev–Trinajstić information content (AvgIpc) is 2.77. The molecule has 0 radical (unpaired) electrons. The van der Waals surface area contributed by atoms with Crippen LogP contribution in [0.5, 0.6) is 0 Å². The third kappa shape index (κ3) is 3.77. The number of halogens is 1. The molecule has 0 amide bonds. The van der Waals surface area contributed by atoms with Gasteiger partial charge in [-0.1, -0.05) is 34.6 Å². The first-order valence-electron chi connectivity index (χ1n) is 5.63. The summed E-state index contributed by atoms with van der Waals surface area (Å²) in [6.07, 6.45) is 1.85. The molecule has 2 rings (SSSR count). The predicted octanol–water partition coefficient (Wildman–Crippen LogP) is 4.10. The molecule has 0 aliphatic carbocycles. The lowest BCUT2D eigenvalue weighted by molar-refractivity contribution is 0.0693. The predicted molar refractivity (Wildman–Crippen MR) is 79.1 cm³/mol. The average molecular weight is 359 g/mol. The molecule has 7 heteroatoms. The fraction of sp³-hybridized carbons (Fsp3) is 0.250. The lowest BCUT2D eigenvalue weighted by atomic mass is 10.2. The van der Waals surface area contributed by atoms with Gasteiger partial charge in [-0.05, 0) is 36.2 Å². The molecule has 0 aliphatic rings. The smallest absolute Gasteiger partial charge is 0.336 e. The molecular formula is C12H11BrN2O2S2. The van der Waals surface area contributed by atoms with Crippen molar-refractivity contribution in [2.75, 3.05) is 0 Å². The molecule has 1 heterocycles. The second-order valence-electron chi connectivity index (χ2n) is 3.77. The molecule has 0 fully saturated rings. The van der Waals surface area contributed by atoms with Gasteiger partial charge in [-0.2, -0.15) is 4.37 Å². The van der Waals surface area contributed by atoms with E-state index in [1.165, 1.54) is 23.3 Å². The summed E-state index contributed by atoms with van der Waals surface area (Å²) in [5.74, 6) is -0.116. The Labute approximate surface area is 127 Å². The van der Waals surface area contributed by atoms with Gasteiger partial charge in [0.2, 0.25) is 0 Å². The van der Waals surface area contributed by atoms with E-state index in [0.717, 1.165) is 27.5 Å². The van der Waals surface area contributed by atoms with E-state index in [2.05, 4.69) is 32.2 Å². The van der Waals surface area contributed by atoms with E-state index >= 15 is 0 Å². The molecule has 4 nitrogen and oxygen atoms in total. The number of rotatable bonds is 5. The zero-order chi connectivity index (χ0) is 13.8. The Hall–Kier alpha value is -0.920. The van der Waals surface area contributed by atoms with Gasteiger partial charge in [-0.25, -0.2) is 9.78 Å². The van der Waals surface area contributed by atoms with Crippen LogP contribution in [0, 0.1) is 0 Å². The summed E-state index contributed by atoms with van der Waals surface area (Å²) in [4.78, 5) is 16.2. The maximum Gasteiger partial charge on any atom is 0.336 e. The van der Waals surface area contributed by atoms with Crippen molar-refractivity contribution < 1.29 is 9.90 Å². The van der Waals surface area contributed by atoms with Gasteiger partial charge in [-0.15, -0.1) is 0 Å². The van der Waals surface area contributed by atoms with Crippen molar-refractivity contribution in [3.05, 3.63) is 34.1 Å². The van der Waals surface area contributed by atoms with Crippen molar-refractivity contribution in [1.29, 1.82) is 0 Å². The number of carbonyl (C=O) groups is 1. The molecule has 19 heavy (non-hydrogen) atoms. The quantitative estimate of drug-likeness (QED) is 0.871. The summed E-state index contributed by atoms with van der Waals surface area (Å²) in [5.41, 5.74) is 0.278. The first-order valence-corrected chi connectivity index (χ1v) is 8.01. The third-order valence-electron chi connectivity index (χ3n) is 2.29. The summed E-state index contributed by atoms with van der Waals surface area (Å²) in [6, 6.07) is 5.09. The van der Waals surface area contributed by atoms with E-state index in [4.69, 9.17) is 5.11 Å². The van der Waals surface area contributed by atoms with Gasteiger partial charge in [0, 0.05) is 15.8 Å². The number of hydrogen-bond donors (Lipinski definition) is 1. The van der Waals surface area contributed by atoms with Crippen molar-refractivity contribution in [1.82, 2.24) is 9.36 Å². The molecule has 0 unspecified atom stereocenters. The van der Waals surface area contributed by atoms with Gasteiger partial charge in [0.25, 0.3) is 0 Å². The van der Waals surface area contributed by atoms with E-state index < -0.39 is 5.97 Å². The molecule has 0 aliphatic heterocycles. The van der Waals surface area contributed by atoms with E-state index in [9.17, 15) is 4.79 Å². The molecule has 0 atom stereocenters. The minimum absolute atomic E-state index is 0.278. The number of hydrogen-bond acceptors (Lipinski definition) is 5. The van der Waals surface area contributed by atoms with Crippen molar-refractivity contribution in [2.24, 2.45) is 0 Å². The first kappa shape index (κ1) is 14.5. The van der Waals surface area contributed by atoms with Gasteiger partial charge >= 0.3 is 5.97 Å². The van der Waals surface area contributed by atoms with Crippen molar-refractivity contribution in [3.8, 4) is 0 Å². The molecule has 0 spiro atoms. The molecule has 1 N–H and O–H groups in total. The Bertz CT molecular complexity index is 601. The van der Waals surface area contributed by atoms with Crippen LogP contribution in [0.1, 0.15) is 29.5 Å². The second-order valence-corrected chi connectivity index (χ2v) is 6.73. The van der Waals surface area contributed by atoms with E-state index in [1.54, 1.807) is 18.2 Å². The fourth-order valence-electron chi connectivity index (χ4n) is 1.46. The molecule has 2 aromatic rings. The Morgan fingerprint density at radius 2 is 2.32 bits per heavy atom. The monoisotopic (exact) mass is 358 g/mol. The van der Waals surface area contributed by atoms with Crippen LogP contribution in [0.4, 0.5) is 0 Å². The summed E-state index contributed by atoms with van der Waals surface area (Å²) in [7, 11) is 0. The molecule has 100 valence electrons. The molecule has 0 saturated carbocycles. The van der Waals surface area contributed by atoms with Crippen LogP contribution in [0.2, 0.25) is 0 Å². The molecule has 0 saturated heterocycles. The van der Waals surface area contributed by atoms with Crippen LogP contribution in [-0.2, 0) is 6.42 Å². The van der Waals surface area contributed by atoms with Crippen LogP contribution >= 0.6 is 39.2 Å². The lowest BCUT2D eigenvalue weighted by Gasteiger charge is -2.03. The summed E-state index contributed by atoms with van der Waals surface area (Å²) < 4.78 is 5.86. The highest BCUT2D eigenvalue weighted by Crippen LogP contribution is 2.33. The van der Waals surface area contributed by atoms with Crippen LogP contribution in [0.15, 0.2) is 31.9 Å². The van der Waals surface area contributed by atoms with Gasteiger partial charge in [-0.3, -0.25) is 0 Å². The number of aryl methyl sites for hydroxylation is 1. The van der Waals surface area contributed by atoms with E-state index in [-0.39, 0.29) is 5.56 Å². The minimum atomic E-state index is -0.937. The number of aromatic carboxylic acids is 1. The molecular weight excluding hydrogens is 348 g/mol. The summed E-state index contributed by atoms with van der Waals surface area (Å²) in [5, 5.41) is 9.16. The van der Waals surface area contributed by atoms with Crippen LogP contribution in [0.25, 0.3) is 0 Å². The van der Waals surface area contributed by atoms with Gasteiger partial charge < -0.3 is 5.11 Å². The fourth-order valence-corrected chi connectivity index (χ4v) is 3.75. The van der Waals surface area contributed by atoms with E-state index in [0.29, 0.717) is 4.90 Å². The maximum atomic E-state index is 11.2. The molecule has 0 bridgehead atoms. The third-order valence-corrected chi connectivity index (χ3v) is 4.63. The largest absolute Gasteiger partial charge is 0.478 e. The normalized spacial score (nSPS) is 10.6. The van der Waals surface area contributed by atoms with E-state index in [1.807, 2.05) is 0 Å². The Kier molecular flexibility index (Phi) is 4.95. The van der Waals surface area contributed by atoms with Gasteiger partial charge in [0.1, 0.15) is 5.82 Å². The van der Waals surface area contributed by atoms with Gasteiger partial charge in [0.15, 0.2) is 4.34 Å². The van der Waals surface area contributed by atoms with Crippen LogP contribution in [-0.4, -0.2) is 20.4 Å². The minimum Gasteiger partial charge on any atom is -0.478 e. The SMILES string of the molecule is CCCc1nsc(Sc2cc(Br)ccc2C(=O)O)n1. The lowest BCUT2D eigenvalue weighted by Crippen LogP contribution is -1.98. The highest BCUT2D eigenvalue weighted by molar-refractivity contribution is 9.10. The van der Waals surface area contributed by atoms with Crippen LogP contribution in [0.3, 0.4) is 0 Å². The standard InChI is InChI=1S/C12H11BrN2O2S2/c1-2-3-10-14-12(19-15-10)18-9-6-7(13)4-5-8(9)11(16)17/h4-6H,2-3H2,1H3,(H,16,17). The van der Waals surface area contributed by atoms with Crippen LogP contribution < -0.4 is 0 Å². The summed E-state index contributed by atoms with van der Waals surface area (Å²) in [6.45, 7) is 2.07. The van der Waals surface area contributed by atoms with Crippen molar-refractivity contribution >= 4 is 45.2 Å². The Morgan fingerprint density at radius 3 is 3.00 bits per heavy atom. The zero-order valence-electron chi connectivity index (χ0n) is 10.1. The topological polar surface area (TPSA) is 63.1 Å². The van der Waals surface area contributed by atoms with Gasteiger partial charge in [0.05, 0.1) is 5.56 Å². The number of nitrogens with zero attached hydrogens (tertiary/aromatic N) is 2. The number of carboxylic acid groups (broad SMARTS) is 1. The number of aromatic nitrogens is 2. The second kappa shape index (κ2) is 6.49.